The van der Waals surface area contributed by atoms with E-state index in [-0.39, 0.29) is 0 Å². The zero-order chi connectivity index (χ0) is 12.1. The fraction of sp³-hybridized carbons (Fsp3) is 0.583. The Bertz CT molecular complexity index is 340. The normalized spacial score (nSPS) is 10.9. The smallest absolute Gasteiger partial charge is 0.133 e. The fourth-order valence-corrected chi connectivity index (χ4v) is 2.47. The van der Waals surface area contributed by atoms with Gasteiger partial charge in [0.2, 0.25) is 0 Å². The van der Waals surface area contributed by atoms with Crippen molar-refractivity contribution in [3.05, 3.63) is 22.3 Å². The lowest BCUT2D eigenvalue weighted by Gasteiger charge is -2.28. The molecule has 1 aromatic heterocycles. The van der Waals surface area contributed by atoms with Crippen LogP contribution >= 0.6 is 27.5 Å². The first-order chi connectivity index (χ1) is 7.63. The van der Waals surface area contributed by atoms with E-state index in [0.717, 1.165) is 28.7 Å². The summed E-state index contributed by atoms with van der Waals surface area (Å²) in [5.41, 5.74) is 1.07. The van der Waals surface area contributed by atoms with Crippen molar-refractivity contribution in [2.45, 2.75) is 38.6 Å². The number of hydrogen-bond acceptors (Lipinski definition) is 2. The Hall–Kier alpha value is -0.280. The van der Waals surface area contributed by atoms with Gasteiger partial charge in [0.15, 0.2) is 0 Å². The molecule has 0 aromatic carbocycles. The van der Waals surface area contributed by atoms with Crippen LogP contribution < -0.4 is 4.90 Å². The molecule has 0 amide bonds. The molecule has 0 atom stereocenters. The summed E-state index contributed by atoms with van der Waals surface area (Å²) in [5.74, 6) is 1.48. The Kier molecular flexibility index (Phi) is 5.56. The van der Waals surface area contributed by atoms with Crippen LogP contribution in [0.1, 0.15) is 32.3 Å². The standard InChI is InChI=1S/C12H18BrClN2/c1-4-11(5-2)16(3)12-9(7-14)6-10(13)8-15-12/h6,8,11H,4-5,7H2,1-3H3. The number of rotatable bonds is 5. The second-order valence-electron chi connectivity index (χ2n) is 3.85. The van der Waals surface area contributed by atoms with Gasteiger partial charge < -0.3 is 4.90 Å². The van der Waals surface area contributed by atoms with E-state index in [2.05, 4.69) is 46.7 Å². The van der Waals surface area contributed by atoms with Crippen LogP contribution in [0.3, 0.4) is 0 Å². The number of nitrogens with zero attached hydrogens (tertiary/aromatic N) is 2. The van der Waals surface area contributed by atoms with Gasteiger partial charge in [-0.1, -0.05) is 13.8 Å². The molecule has 0 N–H and O–H groups in total. The van der Waals surface area contributed by atoms with E-state index in [1.807, 2.05) is 12.3 Å². The van der Waals surface area contributed by atoms with Gasteiger partial charge in [-0.2, -0.15) is 0 Å². The molecule has 1 rings (SSSR count). The Labute approximate surface area is 111 Å². The Balaban J connectivity index is 3.02. The lowest BCUT2D eigenvalue weighted by molar-refractivity contribution is 0.585. The maximum absolute atomic E-state index is 5.95. The highest BCUT2D eigenvalue weighted by Crippen LogP contribution is 2.25. The maximum Gasteiger partial charge on any atom is 0.133 e. The zero-order valence-corrected chi connectivity index (χ0v) is 12.3. The molecule has 0 radical (unpaired) electrons. The van der Waals surface area contributed by atoms with Gasteiger partial charge in [0.25, 0.3) is 0 Å². The first-order valence-corrected chi connectivity index (χ1v) is 6.89. The lowest BCUT2D eigenvalue weighted by Crippen LogP contribution is -2.31. The highest BCUT2D eigenvalue weighted by Gasteiger charge is 2.15. The summed E-state index contributed by atoms with van der Waals surface area (Å²) in [7, 11) is 2.09. The summed E-state index contributed by atoms with van der Waals surface area (Å²) in [6, 6.07) is 2.56. The van der Waals surface area contributed by atoms with Crippen LogP contribution in [-0.4, -0.2) is 18.1 Å². The highest BCUT2D eigenvalue weighted by atomic mass is 79.9. The Morgan fingerprint density at radius 3 is 2.56 bits per heavy atom. The van der Waals surface area contributed by atoms with Gasteiger partial charge in [0.05, 0.1) is 5.88 Å². The zero-order valence-electron chi connectivity index (χ0n) is 10.0. The number of anilines is 1. The van der Waals surface area contributed by atoms with Gasteiger partial charge >= 0.3 is 0 Å². The van der Waals surface area contributed by atoms with E-state index in [1.165, 1.54) is 0 Å². The van der Waals surface area contributed by atoms with Gasteiger partial charge in [0, 0.05) is 29.3 Å². The molecular weight excluding hydrogens is 288 g/mol. The van der Waals surface area contributed by atoms with Crippen LogP contribution in [0.2, 0.25) is 0 Å². The van der Waals surface area contributed by atoms with E-state index in [0.29, 0.717) is 11.9 Å². The molecule has 0 spiro atoms. The fourth-order valence-electron chi connectivity index (χ4n) is 1.90. The molecule has 90 valence electrons. The van der Waals surface area contributed by atoms with Gasteiger partial charge in [-0.05, 0) is 34.8 Å². The predicted molar refractivity (Wildman–Crippen MR) is 74.3 cm³/mol. The Morgan fingerprint density at radius 2 is 2.06 bits per heavy atom. The molecule has 2 nitrogen and oxygen atoms in total. The monoisotopic (exact) mass is 304 g/mol. The van der Waals surface area contributed by atoms with Crippen molar-refractivity contribution >= 4 is 33.3 Å². The molecule has 1 aromatic rings. The maximum atomic E-state index is 5.95. The van der Waals surface area contributed by atoms with Crippen molar-refractivity contribution in [2.24, 2.45) is 0 Å². The van der Waals surface area contributed by atoms with Crippen molar-refractivity contribution in [1.82, 2.24) is 4.98 Å². The molecule has 0 unspecified atom stereocenters. The third-order valence-corrected chi connectivity index (χ3v) is 3.60. The van der Waals surface area contributed by atoms with Crippen LogP contribution in [0.5, 0.6) is 0 Å². The van der Waals surface area contributed by atoms with E-state index >= 15 is 0 Å². The van der Waals surface area contributed by atoms with E-state index in [4.69, 9.17) is 11.6 Å². The van der Waals surface area contributed by atoms with E-state index in [9.17, 15) is 0 Å². The van der Waals surface area contributed by atoms with Crippen LogP contribution in [-0.2, 0) is 5.88 Å². The molecule has 0 aliphatic heterocycles. The predicted octanol–water partition coefficient (Wildman–Crippen LogP) is 4.21. The summed E-state index contributed by atoms with van der Waals surface area (Å²) >= 11 is 9.37. The highest BCUT2D eigenvalue weighted by molar-refractivity contribution is 9.10. The number of alkyl halides is 1. The van der Waals surface area contributed by atoms with Crippen molar-refractivity contribution in [3.8, 4) is 0 Å². The van der Waals surface area contributed by atoms with Crippen LogP contribution in [0.15, 0.2) is 16.7 Å². The molecule has 0 fully saturated rings. The summed E-state index contributed by atoms with van der Waals surface area (Å²) in [5, 5.41) is 0. The molecule has 0 aliphatic rings. The van der Waals surface area contributed by atoms with Gasteiger partial charge in [-0.3, -0.25) is 0 Å². The van der Waals surface area contributed by atoms with E-state index < -0.39 is 0 Å². The largest absolute Gasteiger partial charge is 0.356 e. The molecular formula is C12H18BrClN2. The minimum Gasteiger partial charge on any atom is -0.356 e. The average molecular weight is 306 g/mol. The molecule has 1 heterocycles. The number of aromatic nitrogens is 1. The first-order valence-electron chi connectivity index (χ1n) is 5.57. The van der Waals surface area contributed by atoms with Gasteiger partial charge in [0.1, 0.15) is 5.82 Å². The molecule has 0 saturated carbocycles. The summed E-state index contributed by atoms with van der Waals surface area (Å²) < 4.78 is 0.977. The van der Waals surface area contributed by atoms with Crippen LogP contribution in [0, 0.1) is 0 Å². The topological polar surface area (TPSA) is 16.1 Å². The van der Waals surface area contributed by atoms with Crippen LogP contribution in [0.4, 0.5) is 5.82 Å². The van der Waals surface area contributed by atoms with Gasteiger partial charge in [-0.15, -0.1) is 11.6 Å². The molecule has 4 heteroatoms. The molecule has 16 heavy (non-hydrogen) atoms. The van der Waals surface area contributed by atoms with Crippen molar-refractivity contribution in [1.29, 1.82) is 0 Å². The van der Waals surface area contributed by atoms with E-state index in [1.54, 1.807) is 0 Å². The average Bonchev–Trinajstić information content (AvgIpc) is 2.30. The summed E-state index contributed by atoms with van der Waals surface area (Å²) in [6.45, 7) is 4.40. The lowest BCUT2D eigenvalue weighted by atomic mass is 10.1. The number of hydrogen-bond donors (Lipinski definition) is 0. The molecule has 0 saturated heterocycles. The molecule has 0 aliphatic carbocycles. The van der Waals surface area contributed by atoms with Crippen molar-refractivity contribution < 1.29 is 0 Å². The second-order valence-corrected chi connectivity index (χ2v) is 5.03. The SMILES string of the molecule is CCC(CC)N(C)c1ncc(Br)cc1CCl. The summed E-state index contributed by atoms with van der Waals surface area (Å²) in [6.07, 6.45) is 4.06. The molecule has 0 bridgehead atoms. The minimum atomic E-state index is 0.492. The van der Waals surface area contributed by atoms with Crippen molar-refractivity contribution in [3.63, 3.8) is 0 Å². The minimum absolute atomic E-state index is 0.492. The first kappa shape index (κ1) is 13.8. The number of halogens is 2. The quantitative estimate of drug-likeness (QED) is 0.758. The van der Waals surface area contributed by atoms with Crippen LogP contribution in [0.25, 0.3) is 0 Å². The Morgan fingerprint density at radius 1 is 1.44 bits per heavy atom. The second kappa shape index (κ2) is 6.45. The number of pyridine rings is 1. The van der Waals surface area contributed by atoms with Crippen molar-refractivity contribution in [2.75, 3.05) is 11.9 Å². The van der Waals surface area contributed by atoms with Gasteiger partial charge in [-0.25, -0.2) is 4.98 Å². The third-order valence-electron chi connectivity index (χ3n) is 2.88. The third kappa shape index (κ3) is 3.11. The summed E-state index contributed by atoms with van der Waals surface area (Å²) in [4.78, 5) is 6.69.